The molecule has 0 heterocycles. The number of benzene rings is 3. The molecule has 0 amide bonds. The zero-order valence-corrected chi connectivity index (χ0v) is 26.5. The molecular formula is C30H39F6O3PS. The van der Waals surface area contributed by atoms with Crippen LogP contribution in [-0.4, -0.2) is 16.8 Å². The molecule has 41 heavy (non-hydrogen) atoms. The van der Waals surface area contributed by atoms with Crippen LogP contribution in [0.15, 0.2) is 87.5 Å². The molecule has 230 valence electrons. The van der Waals surface area contributed by atoms with Crippen molar-refractivity contribution >= 4 is 18.7 Å². The van der Waals surface area contributed by atoms with Crippen molar-refractivity contribution in [3.8, 4) is 17.2 Å². The van der Waals surface area contributed by atoms with Crippen LogP contribution in [0, 0.1) is 0 Å². The van der Waals surface area contributed by atoms with Gasteiger partial charge in [-0.3, -0.25) is 0 Å². The SMILES string of the molecule is CC(C)(C)Oc1ccc([S+](c2ccc(OC(C)(C)C)cc2)c2ccc(OC(C)(C)C)cc2)cc1.F[P-](F)(F)(F)(F)F. The van der Waals surface area contributed by atoms with E-state index in [1.165, 1.54) is 14.7 Å². The summed E-state index contributed by atoms with van der Waals surface area (Å²) in [5, 5.41) is 0. The molecule has 0 N–H and O–H groups in total. The Balaban J connectivity index is 0.000000745. The van der Waals surface area contributed by atoms with E-state index in [1.54, 1.807) is 0 Å². The minimum absolute atomic E-state index is 0.227. The average molecular weight is 625 g/mol. The number of hydrogen-bond acceptors (Lipinski definition) is 3. The van der Waals surface area contributed by atoms with Crippen molar-refractivity contribution < 1.29 is 39.4 Å². The van der Waals surface area contributed by atoms with E-state index in [1.807, 2.05) is 0 Å². The summed E-state index contributed by atoms with van der Waals surface area (Å²) < 4.78 is 77.3. The second-order valence-corrected chi connectivity index (χ2v) is 16.3. The first-order valence-electron chi connectivity index (χ1n) is 12.8. The van der Waals surface area contributed by atoms with Gasteiger partial charge in [0.05, 0.1) is 10.9 Å². The Morgan fingerprint density at radius 2 is 0.585 bits per heavy atom. The fourth-order valence-corrected chi connectivity index (χ4v) is 5.44. The van der Waals surface area contributed by atoms with Crippen LogP contribution >= 0.6 is 7.81 Å². The van der Waals surface area contributed by atoms with Crippen LogP contribution in [0.1, 0.15) is 62.3 Å². The Bertz CT molecular complexity index is 1120. The summed E-state index contributed by atoms with van der Waals surface area (Å²) in [6.45, 7) is 18.6. The van der Waals surface area contributed by atoms with Crippen molar-refractivity contribution in [3.05, 3.63) is 72.8 Å². The topological polar surface area (TPSA) is 27.7 Å². The van der Waals surface area contributed by atoms with Gasteiger partial charge < -0.3 is 14.2 Å². The summed E-state index contributed by atoms with van der Waals surface area (Å²) in [5.41, 5.74) is -0.682. The predicted octanol–water partition coefficient (Wildman–Crippen LogP) is 11.7. The number of halogens is 6. The van der Waals surface area contributed by atoms with Crippen molar-refractivity contribution in [1.82, 2.24) is 0 Å². The zero-order chi connectivity index (χ0) is 31.6. The first-order valence-corrected chi connectivity index (χ1v) is 16.1. The summed E-state index contributed by atoms with van der Waals surface area (Å²) in [4.78, 5) is 3.70. The van der Waals surface area contributed by atoms with Crippen molar-refractivity contribution in [3.63, 3.8) is 0 Å². The second kappa shape index (κ2) is 11.3. The molecule has 0 aliphatic heterocycles. The quantitative estimate of drug-likeness (QED) is 0.155. The molecule has 3 aromatic carbocycles. The van der Waals surface area contributed by atoms with Gasteiger partial charge in [-0.15, -0.1) is 0 Å². The van der Waals surface area contributed by atoms with Gasteiger partial charge in [0, 0.05) is 0 Å². The third kappa shape index (κ3) is 15.9. The number of ether oxygens (including phenoxy) is 3. The summed E-state index contributed by atoms with van der Waals surface area (Å²) in [6.07, 6.45) is 0. The van der Waals surface area contributed by atoms with E-state index in [0.717, 1.165) is 17.2 Å². The summed E-state index contributed by atoms with van der Waals surface area (Å²) in [7, 11) is -10.9. The van der Waals surface area contributed by atoms with Gasteiger partial charge in [0.1, 0.15) is 34.1 Å². The Kier molecular flexibility index (Phi) is 9.50. The molecule has 0 spiro atoms. The van der Waals surface area contributed by atoms with Crippen LogP contribution in [0.25, 0.3) is 0 Å². The Morgan fingerprint density at radius 1 is 0.415 bits per heavy atom. The molecular weight excluding hydrogens is 585 g/mol. The molecule has 3 nitrogen and oxygen atoms in total. The van der Waals surface area contributed by atoms with Crippen LogP contribution in [0.2, 0.25) is 0 Å². The van der Waals surface area contributed by atoms with Gasteiger partial charge in [-0.25, -0.2) is 0 Å². The van der Waals surface area contributed by atoms with Crippen LogP contribution < -0.4 is 14.2 Å². The van der Waals surface area contributed by atoms with Gasteiger partial charge in [-0.05, 0) is 135 Å². The maximum absolute atomic E-state index is 10.7. The van der Waals surface area contributed by atoms with Crippen LogP contribution in [-0.2, 0) is 10.9 Å². The first kappa shape index (κ1) is 34.6. The molecule has 0 aliphatic rings. The molecule has 11 heteroatoms. The van der Waals surface area contributed by atoms with E-state index in [2.05, 4.69) is 135 Å². The number of hydrogen-bond donors (Lipinski definition) is 0. The normalized spacial score (nSPS) is 14.3. The molecule has 0 unspecified atom stereocenters. The molecule has 3 aromatic rings. The predicted molar refractivity (Wildman–Crippen MR) is 156 cm³/mol. The summed E-state index contributed by atoms with van der Waals surface area (Å²) in [6, 6.07) is 25.4. The van der Waals surface area contributed by atoms with Gasteiger partial charge in [0.25, 0.3) is 0 Å². The van der Waals surface area contributed by atoms with Gasteiger partial charge in [-0.1, -0.05) is 0 Å². The summed E-state index contributed by atoms with van der Waals surface area (Å²) in [5.74, 6) is 2.63. The second-order valence-electron chi connectivity index (χ2n) is 12.3. The van der Waals surface area contributed by atoms with Crippen LogP contribution in [0.5, 0.6) is 17.2 Å². The van der Waals surface area contributed by atoms with Gasteiger partial charge >= 0.3 is 33.0 Å². The Hall–Kier alpha value is -2.58. The van der Waals surface area contributed by atoms with Crippen LogP contribution in [0.4, 0.5) is 25.2 Å². The van der Waals surface area contributed by atoms with Crippen molar-refractivity contribution in [2.45, 2.75) is 93.8 Å². The van der Waals surface area contributed by atoms with Gasteiger partial charge in [0.15, 0.2) is 14.7 Å². The van der Waals surface area contributed by atoms with E-state index < -0.39 is 7.81 Å². The zero-order valence-electron chi connectivity index (χ0n) is 24.8. The monoisotopic (exact) mass is 624 g/mol. The molecule has 0 aromatic heterocycles. The standard InChI is InChI=1S/C30H39O3S.F6P/c1-28(2,3)31-22-10-16-25(17-11-22)34(26-18-12-23(13-19-26)32-29(4,5)6)27-20-14-24(15-21-27)33-30(7,8)9;1-7(2,3,4,5)6/h10-21H,1-9H3;/q+1;-1. The molecule has 0 fully saturated rings. The minimum atomic E-state index is -10.7. The fraction of sp³-hybridized carbons (Fsp3) is 0.400. The third-order valence-corrected chi connectivity index (χ3v) is 6.68. The van der Waals surface area contributed by atoms with E-state index in [4.69, 9.17) is 14.2 Å². The third-order valence-electron chi connectivity index (χ3n) is 4.45. The van der Waals surface area contributed by atoms with Gasteiger partial charge in [-0.2, -0.15) is 0 Å². The van der Waals surface area contributed by atoms with Crippen molar-refractivity contribution in [2.24, 2.45) is 0 Å². The van der Waals surface area contributed by atoms with Gasteiger partial charge in [0.2, 0.25) is 0 Å². The molecule has 0 aliphatic carbocycles. The van der Waals surface area contributed by atoms with Crippen molar-refractivity contribution in [2.75, 3.05) is 0 Å². The number of rotatable bonds is 6. The summed E-state index contributed by atoms with van der Waals surface area (Å²) >= 11 is 0. The molecule has 0 saturated heterocycles. The van der Waals surface area contributed by atoms with E-state index in [9.17, 15) is 25.2 Å². The fourth-order valence-electron chi connectivity index (χ4n) is 3.40. The van der Waals surface area contributed by atoms with E-state index in [-0.39, 0.29) is 27.7 Å². The van der Waals surface area contributed by atoms with E-state index in [0.29, 0.717) is 0 Å². The van der Waals surface area contributed by atoms with Crippen LogP contribution in [0.3, 0.4) is 0 Å². The molecule has 0 saturated carbocycles. The molecule has 0 radical (unpaired) electrons. The van der Waals surface area contributed by atoms with E-state index >= 15 is 0 Å². The average Bonchev–Trinajstić information content (AvgIpc) is 2.72. The molecule has 0 bridgehead atoms. The Labute approximate surface area is 241 Å². The maximum atomic E-state index is 9.87. The molecule has 0 atom stereocenters. The first-order chi connectivity index (χ1) is 18.1. The molecule has 3 rings (SSSR count). The van der Waals surface area contributed by atoms with Crippen molar-refractivity contribution in [1.29, 1.82) is 0 Å². The Morgan fingerprint density at radius 3 is 0.732 bits per heavy atom.